The van der Waals surface area contributed by atoms with Gasteiger partial charge in [-0.1, -0.05) is 6.07 Å². The molecule has 0 radical (unpaired) electrons. The highest BCUT2D eigenvalue weighted by Gasteiger charge is 2.15. The molecular weight excluding hydrogens is 290 g/mol. The molecule has 23 heavy (non-hydrogen) atoms. The number of nitrogens with zero attached hydrogens (tertiary/aromatic N) is 2. The van der Waals surface area contributed by atoms with Crippen LogP contribution in [0.5, 0.6) is 0 Å². The van der Waals surface area contributed by atoms with Gasteiger partial charge in [0.2, 0.25) is 0 Å². The monoisotopic (exact) mass is 307 g/mol. The fourth-order valence-electron chi connectivity index (χ4n) is 2.48. The first kappa shape index (κ1) is 15.0. The molecule has 1 amide bonds. The summed E-state index contributed by atoms with van der Waals surface area (Å²) in [5.74, 6) is -0.417. The number of rotatable bonds is 2. The lowest BCUT2D eigenvalue weighted by molar-refractivity contribution is 0.102. The maximum absolute atomic E-state index is 12.5. The van der Waals surface area contributed by atoms with Crippen LogP contribution in [0.1, 0.15) is 21.5 Å². The van der Waals surface area contributed by atoms with Crippen LogP contribution >= 0.6 is 0 Å². The number of hydrogen-bond donors (Lipinski definition) is 1. The third-order valence-electron chi connectivity index (χ3n) is 3.98. The van der Waals surface area contributed by atoms with Gasteiger partial charge in [-0.2, -0.15) is 0 Å². The van der Waals surface area contributed by atoms with E-state index in [0.717, 1.165) is 16.5 Å². The van der Waals surface area contributed by atoms with Crippen molar-refractivity contribution in [1.82, 2.24) is 9.55 Å². The summed E-state index contributed by atoms with van der Waals surface area (Å²) in [5, 5.41) is 3.54. The number of nitrogens with one attached hydrogen (secondary N) is 1. The molecule has 0 aliphatic carbocycles. The summed E-state index contributed by atoms with van der Waals surface area (Å²) in [4.78, 5) is 29.1. The third-order valence-corrected chi connectivity index (χ3v) is 3.98. The molecule has 0 saturated carbocycles. The van der Waals surface area contributed by atoms with Gasteiger partial charge in [0.1, 0.15) is 11.2 Å². The molecule has 116 valence electrons. The van der Waals surface area contributed by atoms with Crippen molar-refractivity contribution in [3.8, 4) is 0 Å². The summed E-state index contributed by atoms with van der Waals surface area (Å²) < 4.78 is 1.39. The zero-order valence-electron chi connectivity index (χ0n) is 13.3. The Bertz CT molecular complexity index is 974. The molecule has 2 aromatic heterocycles. The first-order valence-electron chi connectivity index (χ1n) is 7.31. The molecule has 0 bridgehead atoms. The van der Waals surface area contributed by atoms with Gasteiger partial charge in [-0.15, -0.1) is 0 Å². The predicted octanol–water partition coefficient (Wildman–Crippen LogP) is 2.80. The Morgan fingerprint density at radius 2 is 1.91 bits per heavy atom. The quantitative estimate of drug-likeness (QED) is 0.792. The minimum absolute atomic E-state index is 0.103. The molecule has 0 atom stereocenters. The van der Waals surface area contributed by atoms with E-state index >= 15 is 0 Å². The van der Waals surface area contributed by atoms with Crippen LogP contribution in [0.2, 0.25) is 0 Å². The number of fused-ring (bicyclic) bond motifs is 1. The van der Waals surface area contributed by atoms with Crippen LogP contribution in [0.4, 0.5) is 5.69 Å². The van der Waals surface area contributed by atoms with Crippen LogP contribution in [0.3, 0.4) is 0 Å². The van der Waals surface area contributed by atoms with Gasteiger partial charge >= 0.3 is 0 Å². The number of anilines is 1. The van der Waals surface area contributed by atoms with Gasteiger partial charge in [-0.05, 0) is 55.3 Å². The summed E-state index contributed by atoms with van der Waals surface area (Å²) in [7, 11) is 1.62. The molecule has 3 rings (SSSR count). The summed E-state index contributed by atoms with van der Waals surface area (Å²) in [6, 6.07) is 10.8. The molecule has 1 N–H and O–H groups in total. The van der Waals surface area contributed by atoms with Gasteiger partial charge in [0, 0.05) is 24.3 Å². The highest BCUT2D eigenvalue weighted by Crippen LogP contribution is 2.16. The average Bonchev–Trinajstić information content (AvgIpc) is 2.54. The minimum Gasteiger partial charge on any atom is -0.322 e. The van der Waals surface area contributed by atoms with Gasteiger partial charge < -0.3 is 5.32 Å². The van der Waals surface area contributed by atoms with Gasteiger partial charge in [-0.25, -0.2) is 4.98 Å². The van der Waals surface area contributed by atoms with Crippen LogP contribution < -0.4 is 10.9 Å². The molecule has 3 aromatic rings. The van der Waals surface area contributed by atoms with Crippen molar-refractivity contribution >= 4 is 22.6 Å². The van der Waals surface area contributed by atoms with Gasteiger partial charge in [-0.3, -0.25) is 14.2 Å². The van der Waals surface area contributed by atoms with Crippen molar-refractivity contribution in [2.24, 2.45) is 7.05 Å². The van der Waals surface area contributed by atoms with Crippen LogP contribution in [0.25, 0.3) is 11.0 Å². The summed E-state index contributed by atoms with van der Waals surface area (Å²) in [6.07, 6.45) is 1.62. The molecule has 0 unspecified atom stereocenters. The van der Waals surface area contributed by atoms with Crippen LogP contribution in [-0.2, 0) is 7.05 Å². The first-order chi connectivity index (χ1) is 11.0. The number of benzene rings is 1. The highest BCUT2D eigenvalue weighted by atomic mass is 16.2. The normalized spacial score (nSPS) is 10.7. The highest BCUT2D eigenvalue weighted by molar-refractivity contribution is 6.05. The minimum atomic E-state index is -0.417. The Morgan fingerprint density at radius 3 is 2.65 bits per heavy atom. The van der Waals surface area contributed by atoms with Crippen LogP contribution in [-0.4, -0.2) is 15.5 Å². The van der Waals surface area contributed by atoms with E-state index in [1.165, 1.54) is 4.57 Å². The number of carbonyl (C=O) groups excluding carboxylic acids is 1. The zero-order valence-corrected chi connectivity index (χ0v) is 13.3. The fraction of sp³-hybridized carbons (Fsp3) is 0.167. The van der Waals surface area contributed by atoms with E-state index in [1.807, 2.05) is 38.1 Å². The van der Waals surface area contributed by atoms with E-state index in [2.05, 4.69) is 10.3 Å². The van der Waals surface area contributed by atoms with E-state index in [1.54, 1.807) is 25.4 Å². The van der Waals surface area contributed by atoms with Crippen molar-refractivity contribution < 1.29 is 4.79 Å². The lowest BCUT2D eigenvalue weighted by Gasteiger charge is -2.10. The molecule has 0 saturated heterocycles. The maximum atomic E-state index is 12.5. The number of amides is 1. The van der Waals surface area contributed by atoms with E-state index < -0.39 is 5.91 Å². The standard InChI is InChI=1S/C18H17N3O2/c1-11-6-7-14(9-12(11)2)20-17(22)15-10-13-5-4-8-19-16(13)21(3)18(15)23/h4-10H,1-3H3,(H,20,22). The lowest BCUT2D eigenvalue weighted by Crippen LogP contribution is -2.28. The Balaban J connectivity index is 2.02. The van der Waals surface area contributed by atoms with Crippen molar-refractivity contribution in [2.75, 3.05) is 5.32 Å². The topological polar surface area (TPSA) is 64.0 Å². The summed E-state index contributed by atoms with van der Waals surface area (Å²) in [5.41, 5.74) is 3.20. The van der Waals surface area contributed by atoms with Crippen molar-refractivity contribution in [3.63, 3.8) is 0 Å². The second-order valence-corrected chi connectivity index (χ2v) is 5.59. The molecule has 0 fully saturated rings. The molecule has 2 heterocycles. The SMILES string of the molecule is Cc1ccc(NC(=O)c2cc3cccnc3n(C)c2=O)cc1C. The largest absolute Gasteiger partial charge is 0.322 e. The molecule has 0 aliphatic rings. The van der Waals surface area contributed by atoms with Crippen molar-refractivity contribution in [3.05, 3.63) is 69.6 Å². The smallest absolute Gasteiger partial charge is 0.264 e. The molecule has 5 nitrogen and oxygen atoms in total. The lowest BCUT2D eigenvalue weighted by atomic mass is 10.1. The van der Waals surface area contributed by atoms with E-state index in [4.69, 9.17) is 0 Å². The summed E-state index contributed by atoms with van der Waals surface area (Å²) >= 11 is 0. The second kappa shape index (κ2) is 5.68. The Hall–Kier alpha value is -2.95. The average molecular weight is 307 g/mol. The zero-order chi connectivity index (χ0) is 16.6. The Labute approximate surface area is 133 Å². The van der Waals surface area contributed by atoms with E-state index in [0.29, 0.717) is 11.3 Å². The molecular formula is C18H17N3O2. The third kappa shape index (κ3) is 2.73. The Morgan fingerprint density at radius 1 is 1.13 bits per heavy atom. The fourth-order valence-corrected chi connectivity index (χ4v) is 2.48. The number of pyridine rings is 2. The molecule has 0 aliphatic heterocycles. The van der Waals surface area contributed by atoms with Gasteiger partial charge in [0.05, 0.1) is 0 Å². The van der Waals surface area contributed by atoms with Crippen molar-refractivity contribution in [2.45, 2.75) is 13.8 Å². The molecule has 5 heteroatoms. The van der Waals surface area contributed by atoms with Crippen LogP contribution in [0.15, 0.2) is 47.4 Å². The predicted molar refractivity (Wildman–Crippen MR) is 90.9 cm³/mol. The molecule has 1 aromatic carbocycles. The Kier molecular flexibility index (Phi) is 3.70. The maximum Gasteiger partial charge on any atom is 0.264 e. The summed E-state index contributed by atoms with van der Waals surface area (Å²) in [6.45, 7) is 3.98. The molecule has 0 spiro atoms. The second-order valence-electron chi connectivity index (χ2n) is 5.59. The van der Waals surface area contributed by atoms with Gasteiger partial charge in [0.15, 0.2) is 0 Å². The van der Waals surface area contributed by atoms with Gasteiger partial charge in [0.25, 0.3) is 11.5 Å². The van der Waals surface area contributed by atoms with Crippen molar-refractivity contribution in [1.29, 1.82) is 0 Å². The number of carbonyl (C=O) groups is 1. The van der Waals surface area contributed by atoms with E-state index in [-0.39, 0.29) is 11.1 Å². The van der Waals surface area contributed by atoms with E-state index in [9.17, 15) is 9.59 Å². The number of hydrogen-bond acceptors (Lipinski definition) is 3. The number of aromatic nitrogens is 2. The van der Waals surface area contributed by atoms with Crippen LogP contribution in [0, 0.1) is 13.8 Å². The number of aryl methyl sites for hydroxylation is 3. The first-order valence-corrected chi connectivity index (χ1v) is 7.31.